The summed E-state index contributed by atoms with van der Waals surface area (Å²) in [5.74, 6) is -1.59. The predicted molar refractivity (Wildman–Crippen MR) is 77.6 cm³/mol. The molecule has 3 N–H and O–H groups in total. The maximum Gasteiger partial charge on any atom is 0.307 e. The molecule has 1 aliphatic rings. The maximum atomic E-state index is 12.2. The van der Waals surface area contributed by atoms with Gasteiger partial charge in [-0.3, -0.25) is 9.59 Å². The first-order valence-corrected chi connectivity index (χ1v) is 7.29. The van der Waals surface area contributed by atoms with Crippen LogP contribution < -0.4 is 5.32 Å². The Morgan fingerprint density at radius 2 is 1.81 bits per heavy atom. The zero-order valence-corrected chi connectivity index (χ0v) is 12.1. The molecule has 0 saturated heterocycles. The van der Waals surface area contributed by atoms with Crippen LogP contribution in [0.1, 0.15) is 31.7 Å². The number of carboxylic acid groups (broad SMARTS) is 1. The number of hydrogen-bond donors (Lipinski definition) is 3. The second-order valence-electron chi connectivity index (χ2n) is 5.68. The molecule has 1 fully saturated rings. The summed E-state index contributed by atoms with van der Waals surface area (Å²) in [4.78, 5) is 23.5. The highest BCUT2D eigenvalue weighted by Gasteiger charge is 2.41. The van der Waals surface area contributed by atoms with Gasteiger partial charge in [-0.05, 0) is 36.5 Å². The van der Waals surface area contributed by atoms with E-state index < -0.39 is 17.8 Å². The number of nitrogens with one attached hydrogen (secondary N) is 1. The molecule has 0 heterocycles. The van der Waals surface area contributed by atoms with Crippen molar-refractivity contribution in [3.05, 3.63) is 29.8 Å². The quantitative estimate of drug-likeness (QED) is 0.775. The van der Waals surface area contributed by atoms with Gasteiger partial charge in [-0.15, -0.1) is 0 Å². The summed E-state index contributed by atoms with van der Waals surface area (Å²) in [6, 6.07) is 6.58. The van der Waals surface area contributed by atoms with Crippen LogP contribution in [0.2, 0.25) is 0 Å². The molecule has 114 valence electrons. The summed E-state index contributed by atoms with van der Waals surface area (Å²) < 4.78 is 0. The summed E-state index contributed by atoms with van der Waals surface area (Å²) in [5, 5.41) is 21.3. The van der Waals surface area contributed by atoms with Crippen molar-refractivity contribution in [2.45, 2.75) is 32.7 Å². The Bertz CT molecular complexity index is 512. The van der Waals surface area contributed by atoms with Crippen molar-refractivity contribution in [1.82, 2.24) is 5.32 Å². The maximum absolute atomic E-state index is 12.2. The van der Waals surface area contributed by atoms with Crippen molar-refractivity contribution in [2.24, 2.45) is 17.8 Å². The van der Waals surface area contributed by atoms with Gasteiger partial charge in [0, 0.05) is 6.54 Å². The second-order valence-corrected chi connectivity index (χ2v) is 5.68. The minimum absolute atomic E-state index is 0.178. The van der Waals surface area contributed by atoms with Gasteiger partial charge < -0.3 is 15.5 Å². The average Bonchev–Trinajstić information content (AvgIpc) is 2.91. The molecule has 1 aliphatic carbocycles. The highest BCUT2D eigenvalue weighted by atomic mass is 16.4. The molecule has 1 aromatic rings. The van der Waals surface area contributed by atoms with Crippen molar-refractivity contribution >= 4 is 11.9 Å². The van der Waals surface area contributed by atoms with Gasteiger partial charge in [0.1, 0.15) is 5.75 Å². The largest absolute Gasteiger partial charge is 0.508 e. The second kappa shape index (κ2) is 6.61. The number of carbonyl (C=O) groups is 2. The van der Waals surface area contributed by atoms with E-state index in [1.54, 1.807) is 24.3 Å². The Balaban J connectivity index is 1.95. The van der Waals surface area contributed by atoms with E-state index >= 15 is 0 Å². The number of rotatable bonds is 5. The normalized spacial score (nSPS) is 24.7. The van der Waals surface area contributed by atoms with Crippen LogP contribution in [0.25, 0.3) is 0 Å². The van der Waals surface area contributed by atoms with Crippen LogP contribution in [0.4, 0.5) is 0 Å². The molecule has 5 nitrogen and oxygen atoms in total. The number of phenols is 1. The van der Waals surface area contributed by atoms with Crippen molar-refractivity contribution in [3.63, 3.8) is 0 Å². The van der Waals surface area contributed by atoms with E-state index in [1.165, 1.54) is 0 Å². The molecule has 0 bridgehead atoms. The van der Waals surface area contributed by atoms with Crippen molar-refractivity contribution in [3.8, 4) is 5.75 Å². The average molecular weight is 291 g/mol. The lowest BCUT2D eigenvalue weighted by atomic mass is 9.95. The zero-order chi connectivity index (χ0) is 15.4. The standard InChI is InChI=1S/C16H21NO4/c1-2-10-7-13(14(8-10)16(20)21)15(19)17-9-11-3-5-12(18)6-4-11/h3-6,10,13-14,18H,2,7-9H2,1H3,(H,17,19)(H,20,21)/t10?,13-,14+/m0/s1. The van der Waals surface area contributed by atoms with E-state index in [9.17, 15) is 19.8 Å². The van der Waals surface area contributed by atoms with E-state index in [0.717, 1.165) is 12.0 Å². The third-order valence-corrected chi connectivity index (χ3v) is 4.29. The van der Waals surface area contributed by atoms with Crippen LogP contribution in [0, 0.1) is 17.8 Å². The molecule has 1 saturated carbocycles. The first kappa shape index (κ1) is 15.4. The van der Waals surface area contributed by atoms with Gasteiger partial charge in [0.25, 0.3) is 0 Å². The third kappa shape index (κ3) is 3.74. The molecule has 2 rings (SSSR count). The molecule has 5 heteroatoms. The van der Waals surface area contributed by atoms with Gasteiger partial charge in [0.2, 0.25) is 5.91 Å². The molecule has 0 spiro atoms. The van der Waals surface area contributed by atoms with E-state index in [1.807, 2.05) is 6.92 Å². The zero-order valence-electron chi connectivity index (χ0n) is 12.1. The molecule has 0 aromatic heterocycles. The van der Waals surface area contributed by atoms with Crippen molar-refractivity contribution < 1.29 is 19.8 Å². The molecule has 1 amide bonds. The van der Waals surface area contributed by atoms with Gasteiger partial charge in [0.05, 0.1) is 11.8 Å². The number of hydrogen-bond acceptors (Lipinski definition) is 3. The summed E-state index contributed by atoms with van der Waals surface area (Å²) in [6.45, 7) is 2.37. The summed E-state index contributed by atoms with van der Waals surface area (Å²) >= 11 is 0. The van der Waals surface area contributed by atoms with E-state index in [4.69, 9.17) is 0 Å². The molecule has 1 unspecified atom stereocenters. The van der Waals surface area contributed by atoms with Gasteiger partial charge in [0.15, 0.2) is 0 Å². The van der Waals surface area contributed by atoms with Crippen LogP contribution in [0.3, 0.4) is 0 Å². The first-order valence-electron chi connectivity index (χ1n) is 7.29. The topological polar surface area (TPSA) is 86.6 Å². The van der Waals surface area contributed by atoms with Gasteiger partial charge in [-0.25, -0.2) is 0 Å². The van der Waals surface area contributed by atoms with Crippen LogP contribution >= 0.6 is 0 Å². The third-order valence-electron chi connectivity index (χ3n) is 4.29. The number of phenolic OH excluding ortho intramolecular Hbond substituents is 1. The molecule has 21 heavy (non-hydrogen) atoms. The summed E-state index contributed by atoms with van der Waals surface area (Å²) in [7, 11) is 0. The van der Waals surface area contributed by atoms with Crippen molar-refractivity contribution in [2.75, 3.05) is 0 Å². The Hall–Kier alpha value is -2.04. The van der Waals surface area contributed by atoms with Crippen LogP contribution in [-0.4, -0.2) is 22.1 Å². The number of aliphatic carboxylic acids is 1. The summed E-state index contributed by atoms with van der Waals surface area (Å²) in [5.41, 5.74) is 0.873. The number of amides is 1. The highest BCUT2D eigenvalue weighted by Crippen LogP contribution is 2.38. The number of carboxylic acids is 1. The smallest absolute Gasteiger partial charge is 0.307 e. The Morgan fingerprint density at radius 3 is 2.38 bits per heavy atom. The Labute approximate surface area is 124 Å². The van der Waals surface area contributed by atoms with E-state index in [2.05, 4.69) is 5.32 Å². The van der Waals surface area contributed by atoms with E-state index in [-0.39, 0.29) is 11.7 Å². The minimum Gasteiger partial charge on any atom is -0.508 e. The van der Waals surface area contributed by atoms with Crippen LogP contribution in [-0.2, 0) is 16.1 Å². The minimum atomic E-state index is -0.879. The first-order chi connectivity index (χ1) is 10.0. The molecule has 0 radical (unpaired) electrons. The highest BCUT2D eigenvalue weighted by molar-refractivity contribution is 5.85. The number of carbonyl (C=O) groups excluding carboxylic acids is 1. The fourth-order valence-electron chi connectivity index (χ4n) is 2.97. The van der Waals surface area contributed by atoms with Crippen molar-refractivity contribution in [1.29, 1.82) is 0 Å². The lowest BCUT2D eigenvalue weighted by molar-refractivity contribution is -0.146. The SMILES string of the molecule is CCC1C[C@H](C(=O)NCc2ccc(O)cc2)[C@H](C(=O)O)C1. The fourth-order valence-corrected chi connectivity index (χ4v) is 2.97. The van der Waals surface area contributed by atoms with Crippen LogP contribution in [0.5, 0.6) is 5.75 Å². The predicted octanol–water partition coefficient (Wildman–Crippen LogP) is 2.15. The number of benzene rings is 1. The lowest BCUT2D eigenvalue weighted by Crippen LogP contribution is -2.34. The molecule has 1 aromatic carbocycles. The molecule has 0 aliphatic heterocycles. The lowest BCUT2D eigenvalue weighted by Gasteiger charge is -2.15. The van der Waals surface area contributed by atoms with Gasteiger partial charge >= 0.3 is 5.97 Å². The summed E-state index contributed by atoms with van der Waals surface area (Å²) in [6.07, 6.45) is 2.14. The van der Waals surface area contributed by atoms with E-state index in [0.29, 0.717) is 25.3 Å². The van der Waals surface area contributed by atoms with Gasteiger partial charge in [-0.2, -0.15) is 0 Å². The molecular formula is C16H21NO4. The van der Waals surface area contributed by atoms with Gasteiger partial charge in [-0.1, -0.05) is 25.5 Å². The molecular weight excluding hydrogens is 270 g/mol. The number of aromatic hydroxyl groups is 1. The monoisotopic (exact) mass is 291 g/mol. The fraction of sp³-hybridized carbons (Fsp3) is 0.500. The molecule has 3 atom stereocenters. The van der Waals surface area contributed by atoms with Crippen LogP contribution in [0.15, 0.2) is 24.3 Å². The Morgan fingerprint density at radius 1 is 1.19 bits per heavy atom. The Kier molecular flexibility index (Phi) is 4.83.